The molecule has 2 N–H and O–H groups in total. The lowest BCUT2D eigenvalue weighted by molar-refractivity contribution is -0.118. The van der Waals surface area contributed by atoms with Gasteiger partial charge in [0.05, 0.1) is 17.6 Å². The van der Waals surface area contributed by atoms with Gasteiger partial charge in [0.25, 0.3) is 0 Å². The van der Waals surface area contributed by atoms with Crippen molar-refractivity contribution in [3.05, 3.63) is 82.6 Å². The average molecular weight is 406 g/mol. The number of aromatic nitrogens is 1. The second-order valence-electron chi connectivity index (χ2n) is 8.34. The van der Waals surface area contributed by atoms with Crippen LogP contribution in [-0.4, -0.2) is 10.8 Å². The number of anilines is 1. The molecular weight excluding hydrogens is 386 g/mol. The Morgan fingerprint density at radius 1 is 1.20 bits per heavy atom. The van der Waals surface area contributed by atoms with Crippen LogP contribution >= 0.6 is 0 Å². The molecule has 0 spiro atoms. The van der Waals surface area contributed by atoms with Gasteiger partial charge in [-0.3, -0.25) is 14.7 Å². The van der Waals surface area contributed by atoms with Crippen LogP contribution in [0.15, 0.2) is 65.4 Å². The minimum atomic E-state index is -0.822. The van der Waals surface area contributed by atoms with Crippen molar-refractivity contribution in [2.75, 3.05) is 4.90 Å². The number of rotatable bonds is 2. The van der Waals surface area contributed by atoms with Gasteiger partial charge < -0.3 is 5.73 Å². The van der Waals surface area contributed by atoms with Crippen LogP contribution in [0.5, 0.6) is 0 Å². The van der Waals surface area contributed by atoms with E-state index < -0.39 is 23.0 Å². The molecule has 1 aliphatic carbocycles. The van der Waals surface area contributed by atoms with Gasteiger partial charge in [-0.25, -0.2) is 8.78 Å². The number of hydrogen-bond donors (Lipinski definition) is 1. The summed E-state index contributed by atoms with van der Waals surface area (Å²) in [6.07, 6.45) is 3.80. The van der Waals surface area contributed by atoms with Gasteiger partial charge in [-0.05, 0) is 35.6 Å². The Morgan fingerprint density at radius 2 is 1.90 bits per heavy atom. The van der Waals surface area contributed by atoms with Gasteiger partial charge >= 0.3 is 0 Å². The predicted octanol–water partition coefficient (Wildman–Crippen LogP) is 4.30. The van der Waals surface area contributed by atoms with E-state index in [0.717, 1.165) is 12.1 Å². The number of nitriles is 1. The summed E-state index contributed by atoms with van der Waals surface area (Å²) >= 11 is 0. The Balaban J connectivity index is 2.05. The normalized spacial score (nSPS) is 20.8. The van der Waals surface area contributed by atoms with E-state index >= 15 is 0 Å². The Bertz CT molecular complexity index is 1130. The van der Waals surface area contributed by atoms with E-state index in [1.807, 2.05) is 13.8 Å². The Kier molecular flexibility index (Phi) is 4.65. The van der Waals surface area contributed by atoms with Crippen LogP contribution in [0.2, 0.25) is 0 Å². The van der Waals surface area contributed by atoms with Crippen LogP contribution in [0.1, 0.15) is 38.2 Å². The highest BCUT2D eigenvalue weighted by molar-refractivity contribution is 6.01. The Hall–Kier alpha value is -3.53. The number of halogens is 2. The maximum absolute atomic E-state index is 14.7. The third-order valence-corrected chi connectivity index (χ3v) is 5.56. The first-order valence-corrected chi connectivity index (χ1v) is 9.55. The summed E-state index contributed by atoms with van der Waals surface area (Å²) in [5.41, 5.74) is 7.00. The monoisotopic (exact) mass is 406 g/mol. The van der Waals surface area contributed by atoms with E-state index in [4.69, 9.17) is 5.73 Å². The molecule has 1 aromatic carbocycles. The number of carbonyl (C=O) groups excluding carboxylic acids is 1. The Morgan fingerprint density at radius 3 is 2.50 bits per heavy atom. The maximum Gasteiger partial charge on any atom is 0.162 e. The van der Waals surface area contributed by atoms with E-state index in [1.165, 1.54) is 11.0 Å². The van der Waals surface area contributed by atoms with Crippen LogP contribution in [0.4, 0.5) is 14.5 Å². The number of Topliss-reactive ketones (excluding diaryl/α,β-unsaturated/α-hetero) is 1. The molecule has 0 unspecified atom stereocenters. The van der Waals surface area contributed by atoms with Gasteiger partial charge in [0.2, 0.25) is 0 Å². The molecule has 0 bridgehead atoms. The first-order chi connectivity index (χ1) is 14.2. The summed E-state index contributed by atoms with van der Waals surface area (Å²) in [6, 6.07) is 9.05. The summed E-state index contributed by atoms with van der Waals surface area (Å²) in [4.78, 5) is 18.6. The molecule has 1 aliphatic heterocycles. The molecule has 0 radical (unpaired) electrons. The number of hydrogen-bond acceptors (Lipinski definition) is 5. The number of nitrogens with two attached hydrogens (primary N) is 1. The zero-order valence-corrected chi connectivity index (χ0v) is 16.6. The third kappa shape index (κ3) is 3.05. The number of pyridine rings is 1. The van der Waals surface area contributed by atoms with Crippen molar-refractivity contribution >= 4 is 11.5 Å². The molecule has 1 atom stereocenters. The highest BCUT2D eigenvalue weighted by Crippen LogP contribution is 2.50. The molecule has 0 saturated carbocycles. The highest BCUT2D eigenvalue weighted by Gasteiger charge is 2.45. The van der Waals surface area contributed by atoms with Gasteiger partial charge in [-0.15, -0.1) is 0 Å². The molecule has 0 saturated heterocycles. The van der Waals surface area contributed by atoms with Crippen molar-refractivity contribution < 1.29 is 13.6 Å². The van der Waals surface area contributed by atoms with Gasteiger partial charge in [0, 0.05) is 30.1 Å². The summed E-state index contributed by atoms with van der Waals surface area (Å²) in [5, 5.41) is 9.92. The van der Waals surface area contributed by atoms with E-state index in [2.05, 4.69) is 11.1 Å². The fraction of sp³-hybridized carbons (Fsp3) is 0.261. The number of carbonyl (C=O) groups is 1. The van der Waals surface area contributed by atoms with Crippen molar-refractivity contribution in [3.8, 4) is 6.07 Å². The Labute approximate surface area is 173 Å². The van der Waals surface area contributed by atoms with E-state index in [0.29, 0.717) is 23.3 Å². The molecule has 4 rings (SSSR count). The van der Waals surface area contributed by atoms with Gasteiger partial charge in [-0.1, -0.05) is 26.0 Å². The van der Waals surface area contributed by atoms with E-state index in [1.54, 1.807) is 24.5 Å². The predicted molar refractivity (Wildman–Crippen MR) is 108 cm³/mol. The average Bonchev–Trinajstić information content (AvgIpc) is 2.68. The molecule has 0 amide bonds. The van der Waals surface area contributed by atoms with Gasteiger partial charge in [-0.2, -0.15) is 5.26 Å². The smallest absolute Gasteiger partial charge is 0.162 e. The standard InChI is InChI=1S/C23H20F2N4O/c1-23(2)9-17-20(18(30)10-23)19(13-5-4-8-28-12-13)14(11-26)22(27)29(17)21-15(24)6-3-7-16(21)25/h3-8,12,19H,9-10,27H2,1-2H3/t19-/m0/s1. The number of nitrogens with zero attached hydrogens (tertiary/aromatic N) is 3. The summed E-state index contributed by atoms with van der Waals surface area (Å²) in [5.74, 6) is -2.62. The van der Waals surface area contributed by atoms with E-state index in [-0.39, 0.29) is 29.3 Å². The zero-order chi connectivity index (χ0) is 21.6. The molecule has 30 heavy (non-hydrogen) atoms. The first kappa shape index (κ1) is 19.8. The van der Waals surface area contributed by atoms with Gasteiger partial charge in [0.1, 0.15) is 23.1 Å². The van der Waals surface area contributed by atoms with E-state index in [9.17, 15) is 18.8 Å². The lowest BCUT2D eigenvalue weighted by atomic mass is 9.68. The number of allylic oxidation sites excluding steroid dienone is 3. The number of benzene rings is 1. The quantitative estimate of drug-likeness (QED) is 0.804. The molecule has 5 nitrogen and oxygen atoms in total. The van der Waals surface area contributed by atoms with Crippen molar-refractivity contribution in [3.63, 3.8) is 0 Å². The molecular formula is C23H20F2N4O. The van der Waals surface area contributed by atoms with Crippen molar-refractivity contribution in [1.82, 2.24) is 4.98 Å². The molecule has 0 fully saturated rings. The van der Waals surface area contributed by atoms with Crippen molar-refractivity contribution in [2.24, 2.45) is 11.1 Å². The van der Waals surface area contributed by atoms with Crippen molar-refractivity contribution in [2.45, 2.75) is 32.6 Å². The summed E-state index contributed by atoms with van der Waals surface area (Å²) < 4.78 is 29.5. The topological polar surface area (TPSA) is 83.0 Å². The fourth-order valence-electron chi connectivity index (χ4n) is 4.35. The van der Waals surface area contributed by atoms with Gasteiger partial charge in [0.15, 0.2) is 5.78 Å². The summed E-state index contributed by atoms with van der Waals surface area (Å²) in [7, 11) is 0. The minimum absolute atomic E-state index is 0.0671. The SMILES string of the molecule is CC1(C)CC(=O)C2=C(C1)N(c1c(F)cccc1F)C(N)=C(C#N)[C@@H]2c1cccnc1. The van der Waals surface area contributed by atoms with Crippen LogP contribution < -0.4 is 10.6 Å². The lowest BCUT2D eigenvalue weighted by Crippen LogP contribution is -2.42. The lowest BCUT2D eigenvalue weighted by Gasteiger charge is -2.43. The molecule has 152 valence electrons. The molecule has 2 heterocycles. The van der Waals surface area contributed by atoms with Crippen LogP contribution in [-0.2, 0) is 4.79 Å². The highest BCUT2D eigenvalue weighted by atomic mass is 19.1. The largest absolute Gasteiger partial charge is 0.384 e. The second kappa shape index (κ2) is 7.06. The third-order valence-electron chi connectivity index (χ3n) is 5.56. The second-order valence-corrected chi connectivity index (χ2v) is 8.34. The van der Waals surface area contributed by atoms with Crippen LogP contribution in [0.3, 0.4) is 0 Å². The fourth-order valence-corrected chi connectivity index (χ4v) is 4.35. The molecule has 1 aromatic heterocycles. The van der Waals surface area contributed by atoms with Crippen LogP contribution in [0.25, 0.3) is 0 Å². The number of para-hydroxylation sites is 1. The summed E-state index contributed by atoms with van der Waals surface area (Å²) in [6.45, 7) is 3.84. The molecule has 7 heteroatoms. The molecule has 2 aromatic rings. The zero-order valence-electron chi connectivity index (χ0n) is 16.6. The first-order valence-electron chi connectivity index (χ1n) is 9.55. The minimum Gasteiger partial charge on any atom is -0.384 e. The number of ketones is 1. The molecule has 2 aliphatic rings. The maximum atomic E-state index is 14.7. The van der Waals surface area contributed by atoms with Crippen molar-refractivity contribution in [1.29, 1.82) is 5.26 Å². The van der Waals surface area contributed by atoms with Crippen LogP contribution in [0, 0.1) is 28.4 Å².